The molecular formula is C5H11ClN4O. The van der Waals surface area contributed by atoms with E-state index >= 15 is 0 Å². The van der Waals surface area contributed by atoms with Gasteiger partial charge in [0.25, 0.3) is 0 Å². The first kappa shape index (κ1) is 10.5. The maximum atomic E-state index is 7.89. The normalized spacial score (nSPS) is 16.0. The molecule has 1 fully saturated rings. The molecule has 0 aromatic heterocycles. The van der Waals surface area contributed by atoms with Crippen LogP contribution in [0.4, 0.5) is 0 Å². The molecule has 64 valence electrons. The Morgan fingerprint density at radius 3 is 2.82 bits per heavy atom. The Morgan fingerprint density at radius 2 is 2.36 bits per heavy atom. The average molecular weight is 179 g/mol. The fourth-order valence-corrected chi connectivity index (χ4v) is 0.685. The molecule has 0 radical (unpaired) electrons. The summed E-state index contributed by atoms with van der Waals surface area (Å²) >= 11 is 0. The zero-order valence-electron chi connectivity index (χ0n) is 6.06. The van der Waals surface area contributed by atoms with E-state index in [-0.39, 0.29) is 12.4 Å². The van der Waals surface area contributed by atoms with Crippen LogP contribution >= 0.6 is 12.4 Å². The average Bonchev–Trinajstić information content (AvgIpc) is 1.84. The van der Waals surface area contributed by atoms with Crippen molar-refractivity contribution in [2.24, 2.45) is 5.11 Å². The van der Waals surface area contributed by atoms with E-state index in [0.29, 0.717) is 19.3 Å². The molecule has 0 saturated carbocycles. The van der Waals surface area contributed by atoms with Crippen LogP contribution in [0.3, 0.4) is 0 Å². The van der Waals surface area contributed by atoms with Crippen LogP contribution in [0.2, 0.25) is 0 Å². The van der Waals surface area contributed by atoms with Gasteiger partial charge in [-0.1, -0.05) is 5.11 Å². The summed E-state index contributed by atoms with van der Waals surface area (Å²) in [7, 11) is 0. The number of hydrogen-bond acceptors (Lipinski definition) is 3. The van der Waals surface area contributed by atoms with E-state index in [1.54, 1.807) is 0 Å². The summed E-state index contributed by atoms with van der Waals surface area (Å²) in [6, 6.07) is 0. The largest absolute Gasteiger partial charge is 0.375 e. The van der Waals surface area contributed by atoms with Crippen LogP contribution in [0.1, 0.15) is 0 Å². The molecule has 1 saturated heterocycles. The Balaban J connectivity index is 0.000001000. The van der Waals surface area contributed by atoms with Crippen LogP contribution < -0.4 is 5.32 Å². The van der Waals surface area contributed by atoms with E-state index in [4.69, 9.17) is 10.3 Å². The van der Waals surface area contributed by atoms with Gasteiger partial charge in [0, 0.05) is 24.5 Å². The SMILES string of the molecule is Cl.[N-]=[N+]=NCCOC1CNC1. The molecule has 11 heavy (non-hydrogen) atoms. The number of hydrogen-bond donors (Lipinski definition) is 1. The van der Waals surface area contributed by atoms with Crippen LogP contribution in [0.5, 0.6) is 0 Å². The second-order valence-corrected chi connectivity index (χ2v) is 2.11. The van der Waals surface area contributed by atoms with Crippen molar-refractivity contribution in [1.82, 2.24) is 5.32 Å². The quantitative estimate of drug-likeness (QED) is 0.298. The number of halogens is 1. The van der Waals surface area contributed by atoms with Gasteiger partial charge in [0.15, 0.2) is 0 Å². The highest BCUT2D eigenvalue weighted by molar-refractivity contribution is 5.85. The van der Waals surface area contributed by atoms with Gasteiger partial charge in [-0.15, -0.1) is 12.4 Å². The fourth-order valence-electron chi connectivity index (χ4n) is 0.685. The van der Waals surface area contributed by atoms with Crippen LogP contribution in [0.15, 0.2) is 5.11 Å². The second-order valence-electron chi connectivity index (χ2n) is 2.11. The summed E-state index contributed by atoms with van der Waals surface area (Å²) in [5.41, 5.74) is 7.89. The number of azide groups is 1. The zero-order chi connectivity index (χ0) is 7.23. The summed E-state index contributed by atoms with van der Waals surface area (Å²) in [6.45, 7) is 2.83. The van der Waals surface area contributed by atoms with Gasteiger partial charge in [-0.05, 0) is 5.53 Å². The Bertz CT molecular complexity index is 143. The van der Waals surface area contributed by atoms with Gasteiger partial charge < -0.3 is 10.1 Å². The summed E-state index contributed by atoms with van der Waals surface area (Å²) in [4.78, 5) is 2.61. The molecule has 6 heteroatoms. The predicted octanol–water partition coefficient (Wildman–Crippen LogP) is 0.707. The first-order valence-corrected chi connectivity index (χ1v) is 3.26. The minimum atomic E-state index is 0. The summed E-state index contributed by atoms with van der Waals surface area (Å²) in [5, 5.41) is 6.41. The van der Waals surface area contributed by atoms with Gasteiger partial charge in [-0.2, -0.15) is 0 Å². The van der Waals surface area contributed by atoms with Crippen molar-refractivity contribution in [3.63, 3.8) is 0 Å². The lowest BCUT2D eigenvalue weighted by atomic mass is 10.2. The predicted molar refractivity (Wildman–Crippen MR) is 43.9 cm³/mol. The van der Waals surface area contributed by atoms with Crippen LogP contribution in [0.25, 0.3) is 10.4 Å². The molecule has 1 rings (SSSR count). The minimum Gasteiger partial charge on any atom is -0.375 e. The Hall–Kier alpha value is -0.480. The van der Waals surface area contributed by atoms with Gasteiger partial charge in [-0.25, -0.2) is 0 Å². The number of nitrogens with zero attached hydrogens (tertiary/aromatic N) is 3. The van der Waals surface area contributed by atoms with E-state index in [9.17, 15) is 0 Å². The number of ether oxygens (including phenoxy) is 1. The third-order valence-corrected chi connectivity index (χ3v) is 1.35. The molecule has 1 aliphatic heterocycles. The van der Waals surface area contributed by atoms with Gasteiger partial charge >= 0.3 is 0 Å². The molecule has 0 atom stereocenters. The van der Waals surface area contributed by atoms with Crippen molar-refractivity contribution in [1.29, 1.82) is 0 Å². The Morgan fingerprint density at radius 1 is 1.64 bits per heavy atom. The van der Waals surface area contributed by atoms with Crippen molar-refractivity contribution < 1.29 is 4.74 Å². The third kappa shape index (κ3) is 4.06. The highest BCUT2D eigenvalue weighted by Gasteiger charge is 2.15. The first-order valence-electron chi connectivity index (χ1n) is 3.26. The molecule has 1 N–H and O–H groups in total. The third-order valence-electron chi connectivity index (χ3n) is 1.35. The van der Waals surface area contributed by atoms with Crippen LogP contribution in [-0.4, -0.2) is 32.3 Å². The molecule has 5 nitrogen and oxygen atoms in total. The lowest BCUT2D eigenvalue weighted by Gasteiger charge is -2.26. The molecule has 0 bridgehead atoms. The molecule has 0 amide bonds. The smallest absolute Gasteiger partial charge is 0.0823 e. The molecule has 1 heterocycles. The zero-order valence-corrected chi connectivity index (χ0v) is 6.88. The number of nitrogens with one attached hydrogen (secondary N) is 1. The van der Waals surface area contributed by atoms with Crippen molar-refractivity contribution in [2.75, 3.05) is 26.2 Å². The lowest BCUT2D eigenvalue weighted by Crippen LogP contribution is -2.48. The van der Waals surface area contributed by atoms with Crippen molar-refractivity contribution in [2.45, 2.75) is 6.10 Å². The molecule has 1 aliphatic rings. The molecular weight excluding hydrogens is 168 g/mol. The Labute approximate surface area is 71.1 Å². The van der Waals surface area contributed by atoms with Gasteiger partial charge in [0.1, 0.15) is 0 Å². The van der Waals surface area contributed by atoms with E-state index < -0.39 is 0 Å². The monoisotopic (exact) mass is 178 g/mol. The molecule has 0 unspecified atom stereocenters. The van der Waals surface area contributed by atoms with E-state index in [1.807, 2.05) is 0 Å². The topological polar surface area (TPSA) is 70.0 Å². The molecule has 0 aromatic rings. The van der Waals surface area contributed by atoms with Crippen LogP contribution in [0, 0.1) is 0 Å². The van der Waals surface area contributed by atoms with Crippen molar-refractivity contribution in [3.8, 4) is 0 Å². The maximum absolute atomic E-state index is 7.89. The summed E-state index contributed by atoms with van der Waals surface area (Å²) in [5.74, 6) is 0. The van der Waals surface area contributed by atoms with Crippen LogP contribution in [-0.2, 0) is 4.74 Å². The van der Waals surface area contributed by atoms with E-state index in [2.05, 4.69) is 15.3 Å². The Kier molecular flexibility index (Phi) is 5.97. The van der Waals surface area contributed by atoms with Crippen molar-refractivity contribution in [3.05, 3.63) is 10.4 Å². The minimum absolute atomic E-state index is 0. The summed E-state index contributed by atoms with van der Waals surface area (Å²) in [6.07, 6.45) is 0.342. The van der Waals surface area contributed by atoms with Gasteiger partial charge in [0.05, 0.1) is 12.7 Å². The highest BCUT2D eigenvalue weighted by atomic mass is 35.5. The molecule has 0 aliphatic carbocycles. The maximum Gasteiger partial charge on any atom is 0.0823 e. The summed E-state index contributed by atoms with van der Waals surface area (Å²) < 4.78 is 5.25. The van der Waals surface area contributed by atoms with Crippen molar-refractivity contribution >= 4 is 12.4 Å². The van der Waals surface area contributed by atoms with Gasteiger partial charge in [-0.3, -0.25) is 0 Å². The molecule has 0 aromatic carbocycles. The standard InChI is InChI=1S/C5H10N4O.ClH/c6-9-8-1-2-10-5-3-7-4-5;/h5,7H,1-4H2;1H. The lowest BCUT2D eigenvalue weighted by molar-refractivity contribution is 0.0237. The van der Waals surface area contributed by atoms with E-state index in [1.165, 1.54) is 0 Å². The fraction of sp³-hybridized carbons (Fsp3) is 1.00. The first-order chi connectivity index (χ1) is 4.93. The highest BCUT2D eigenvalue weighted by Crippen LogP contribution is 1.96. The number of rotatable bonds is 4. The second kappa shape index (κ2) is 6.24. The molecule has 0 spiro atoms. The van der Waals surface area contributed by atoms with E-state index in [0.717, 1.165) is 13.1 Å². The van der Waals surface area contributed by atoms with Gasteiger partial charge in [0.2, 0.25) is 0 Å².